The molecule has 6 rings (SSSR count). The van der Waals surface area contributed by atoms with Gasteiger partial charge in [0.25, 0.3) is 11.5 Å². The standard InChI is InChI=1S/C38H41ClFN7O6/c1-4-5-16-46-37(49)35(43-47(38(46)50)27-10-7-25(39)8-11-27)36(48)42-26-9-12-32(29(40)22-26)53-31-13-14-41-30-24-33(51-3)34(23-28(30)31)52-21-6-15-45-19-17-44(2)18-20-45/h7-14,22-24H,4-6,15-21H2,1-3H3,(H,42,48). The lowest BCUT2D eigenvalue weighted by Crippen LogP contribution is -2.44. The zero-order valence-electron chi connectivity index (χ0n) is 29.8. The molecule has 2 aromatic heterocycles. The SMILES string of the molecule is CCCCn1c(=O)c(C(=O)Nc2ccc(Oc3ccnc4cc(OC)c(OCCCN5CCN(C)CC5)cc34)c(F)c2)nn(-c2ccc(Cl)cc2)c1=O. The van der Waals surface area contributed by atoms with E-state index in [0.717, 1.165) is 54.5 Å². The predicted octanol–water partition coefficient (Wildman–Crippen LogP) is 5.60. The molecule has 0 radical (unpaired) electrons. The number of likely N-dealkylation sites (N-methyl/N-ethyl adjacent to an activating group) is 1. The van der Waals surface area contributed by atoms with Gasteiger partial charge in [-0.1, -0.05) is 24.9 Å². The van der Waals surface area contributed by atoms with Crippen molar-refractivity contribution in [1.82, 2.24) is 29.1 Å². The fourth-order valence-corrected chi connectivity index (χ4v) is 6.05. The van der Waals surface area contributed by atoms with Crippen LogP contribution in [0.25, 0.3) is 16.6 Å². The van der Waals surface area contributed by atoms with Crippen LogP contribution in [0.5, 0.6) is 23.0 Å². The minimum absolute atomic E-state index is 0.0435. The molecule has 13 nitrogen and oxygen atoms in total. The van der Waals surface area contributed by atoms with Crippen molar-refractivity contribution in [2.24, 2.45) is 0 Å². The normalized spacial score (nSPS) is 13.6. The fraction of sp³-hybridized carbons (Fsp3) is 0.342. The fourth-order valence-electron chi connectivity index (χ4n) is 5.92. The maximum absolute atomic E-state index is 15.5. The third-order valence-electron chi connectivity index (χ3n) is 8.95. The number of nitrogens with one attached hydrogen (secondary N) is 1. The van der Waals surface area contributed by atoms with Crippen molar-refractivity contribution in [1.29, 1.82) is 0 Å². The number of rotatable bonds is 14. The van der Waals surface area contributed by atoms with Gasteiger partial charge in [-0.05, 0) is 68.4 Å². The van der Waals surface area contributed by atoms with Crippen molar-refractivity contribution in [2.45, 2.75) is 32.7 Å². The molecule has 0 spiro atoms. The molecule has 53 heavy (non-hydrogen) atoms. The van der Waals surface area contributed by atoms with Crippen molar-refractivity contribution >= 4 is 34.1 Å². The summed E-state index contributed by atoms with van der Waals surface area (Å²) in [6.45, 7) is 7.58. The summed E-state index contributed by atoms with van der Waals surface area (Å²) in [4.78, 5) is 49.1. The van der Waals surface area contributed by atoms with Gasteiger partial charge < -0.3 is 29.3 Å². The van der Waals surface area contributed by atoms with Crippen molar-refractivity contribution in [3.8, 4) is 28.7 Å². The molecule has 1 saturated heterocycles. The lowest BCUT2D eigenvalue weighted by Gasteiger charge is -2.32. The number of fused-ring (bicyclic) bond motifs is 1. The average Bonchev–Trinajstić information content (AvgIpc) is 3.15. The van der Waals surface area contributed by atoms with Gasteiger partial charge in [-0.15, -0.1) is 0 Å². The molecular formula is C38H41ClFN7O6. The summed E-state index contributed by atoms with van der Waals surface area (Å²) in [5.74, 6) is -0.445. The van der Waals surface area contributed by atoms with Crippen LogP contribution in [0.15, 0.2) is 76.4 Å². The smallest absolute Gasteiger partial charge is 0.352 e. The van der Waals surface area contributed by atoms with E-state index in [1.54, 1.807) is 55.8 Å². The largest absolute Gasteiger partial charge is 0.493 e. The number of amides is 1. The quantitative estimate of drug-likeness (QED) is 0.143. The van der Waals surface area contributed by atoms with Crippen molar-refractivity contribution < 1.29 is 23.4 Å². The molecule has 0 unspecified atom stereocenters. The van der Waals surface area contributed by atoms with Crippen molar-refractivity contribution in [3.05, 3.63) is 104 Å². The molecular weight excluding hydrogens is 705 g/mol. The molecule has 1 N–H and O–H groups in total. The van der Waals surface area contributed by atoms with E-state index < -0.39 is 28.7 Å². The van der Waals surface area contributed by atoms with E-state index in [0.29, 0.717) is 58.3 Å². The van der Waals surface area contributed by atoms with E-state index in [-0.39, 0.29) is 18.0 Å². The summed E-state index contributed by atoms with van der Waals surface area (Å²) in [5.41, 5.74) is -1.17. The molecule has 0 saturated carbocycles. The number of hydrogen-bond donors (Lipinski definition) is 1. The predicted molar refractivity (Wildman–Crippen MR) is 201 cm³/mol. The number of ether oxygens (including phenoxy) is 3. The van der Waals surface area contributed by atoms with Gasteiger partial charge in [0.1, 0.15) is 5.75 Å². The van der Waals surface area contributed by atoms with Crippen LogP contribution >= 0.6 is 11.6 Å². The molecule has 278 valence electrons. The Kier molecular flexibility index (Phi) is 12.0. The van der Waals surface area contributed by atoms with E-state index in [2.05, 4.69) is 32.2 Å². The maximum Gasteiger partial charge on any atom is 0.352 e. The minimum Gasteiger partial charge on any atom is -0.493 e. The zero-order chi connectivity index (χ0) is 37.5. The molecule has 0 aliphatic carbocycles. The Balaban J connectivity index is 1.19. The topological polar surface area (TPSA) is 133 Å². The number of halogens is 2. The maximum atomic E-state index is 15.5. The lowest BCUT2D eigenvalue weighted by atomic mass is 10.1. The molecule has 3 heterocycles. The van der Waals surface area contributed by atoms with Crippen LogP contribution in [0.1, 0.15) is 36.7 Å². The Labute approximate surface area is 310 Å². The number of nitrogens with zero attached hydrogens (tertiary/aromatic N) is 6. The number of hydrogen-bond acceptors (Lipinski definition) is 10. The molecule has 0 bridgehead atoms. The Hall–Kier alpha value is -5.31. The highest BCUT2D eigenvalue weighted by atomic mass is 35.5. The molecule has 3 aromatic carbocycles. The molecule has 1 amide bonds. The van der Waals surface area contributed by atoms with Gasteiger partial charge in [0.05, 0.1) is 24.9 Å². The Bertz CT molecular complexity index is 2200. The first-order valence-corrected chi connectivity index (χ1v) is 17.8. The molecule has 1 fully saturated rings. The number of benzene rings is 3. The number of aromatic nitrogens is 4. The third kappa shape index (κ3) is 8.84. The van der Waals surface area contributed by atoms with E-state index in [4.69, 9.17) is 25.8 Å². The van der Waals surface area contributed by atoms with Crippen molar-refractivity contribution in [3.63, 3.8) is 0 Å². The molecule has 1 aliphatic heterocycles. The number of anilines is 1. The third-order valence-corrected chi connectivity index (χ3v) is 9.20. The van der Waals surface area contributed by atoms with Gasteiger partial charge in [-0.3, -0.25) is 19.1 Å². The van der Waals surface area contributed by atoms with Crippen LogP contribution in [0, 0.1) is 5.82 Å². The molecule has 0 atom stereocenters. The summed E-state index contributed by atoms with van der Waals surface area (Å²) >= 11 is 6.01. The van der Waals surface area contributed by atoms with Crippen molar-refractivity contribution in [2.75, 3.05) is 58.8 Å². The van der Waals surface area contributed by atoms with Gasteiger partial charge in [0.15, 0.2) is 23.1 Å². The first-order chi connectivity index (χ1) is 25.6. The molecule has 15 heteroatoms. The van der Waals surface area contributed by atoms with Crippen LogP contribution in [-0.4, -0.2) is 88.5 Å². The average molecular weight is 746 g/mol. The highest BCUT2D eigenvalue weighted by Crippen LogP contribution is 2.38. The highest BCUT2D eigenvalue weighted by Gasteiger charge is 2.22. The van der Waals surface area contributed by atoms with Gasteiger partial charge in [-0.25, -0.2) is 9.18 Å². The van der Waals surface area contributed by atoms with Crippen LogP contribution in [-0.2, 0) is 6.54 Å². The Morgan fingerprint density at radius 3 is 2.42 bits per heavy atom. The first-order valence-electron chi connectivity index (χ1n) is 17.4. The second kappa shape index (κ2) is 17.0. The van der Waals surface area contributed by atoms with Crippen LogP contribution in [0.4, 0.5) is 10.1 Å². The minimum atomic E-state index is -0.916. The highest BCUT2D eigenvalue weighted by molar-refractivity contribution is 6.30. The van der Waals surface area contributed by atoms with Crippen LogP contribution in [0.3, 0.4) is 0 Å². The van der Waals surface area contributed by atoms with Crippen LogP contribution < -0.4 is 30.8 Å². The van der Waals surface area contributed by atoms with E-state index >= 15 is 4.39 Å². The molecule has 5 aromatic rings. The number of methoxy groups -OCH3 is 1. The van der Waals surface area contributed by atoms with E-state index in [9.17, 15) is 14.4 Å². The van der Waals surface area contributed by atoms with Gasteiger partial charge >= 0.3 is 5.69 Å². The number of carbonyl (C=O) groups excluding carboxylic acids is 1. The Morgan fingerprint density at radius 2 is 1.70 bits per heavy atom. The number of unbranched alkanes of at least 4 members (excludes halogenated alkanes) is 1. The molecule has 1 aliphatic rings. The number of piperazine rings is 1. The Morgan fingerprint density at radius 1 is 0.925 bits per heavy atom. The lowest BCUT2D eigenvalue weighted by molar-refractivity contribution is 0.101. The van der Waals surface area contributed by atoms with Gasteiger partial charge in [0, 0.05) is 73.7 Å². The first kappa shape index (κ1) is 37.4. The summed E-state index contributed by atoms with van der Waals surface area (Å²) < 4.78 is 35.2. The summed E-state index contributed by atoms with van der Waals surface area (Å²) in [6.07, 6.45) is 3.62. The van der Waals surface area contributed by atoms with Crippen LogP contribution in [0.2, 0.25) is 5.02 Å². The second-order valence-corrected chi connectivity index (χ2v) is 13.1. The number of carbonyl (C=O) groups is 1. The second-order valence-electron chi connectivity index (χ2n) is 12.7. The zero-order valence-corrected chi connectivity index (χ0v) is 30.6. The summed E-state index contributed by atoms with van der Waals surface area (Å²) in [5, 5.41) is 7.64. The van der Waals surface area contributed by atoms with Gasteiger partial charge in [-0.2, -0.15) is 9.78 Å². The van der Waals surface area contributed by atoms with Gasteiger partial charge in [0.2, 0.25) is 5.69 Å². The number of pyridine rings is 1. The summed E-state index contributed by atoms with van der Waals surface area (Å²) in [6, 6.07) is 15.2. The van der Waals surface area contributed by atoms with E-state index in [1.165, 1.54) is 12.1 Å². The summed E-state index contributed by atoms with van der Waals surface area (Å²) in [7, 11) is 3.69. The monoisotopic (exact) mass is 745 g/mol. The van der Waals surface area contributed by atoms with E-state index in [1.807, 2.05) is 6.92 Å².